The third-order valence-corrected chi connectivity index (χ3v) is 5.32. The van der Waals surface area contributed by atoms with Gasteiger partial charge in [-0.05, 0) is 42.4 Å². The molecule has 2 atom stereocenters. The molecule has 136 valence electrons. The number of aryl methyl sites for hydroxylation is 1. The smallest absolute Gasteiger partial charge is 0.781 e. The van der Waals surface area contributed by atoms with E-state index in [0.29, 0.717) is 12.8 Å². The Hall–Kier alpha value is 1.77. The molecule has 0 bridgehead atoms. The Bertz CT molecular complexity index is 817. The Kier molecular flexibility index (Phi) is 15.7. The van der Waals surface area contributed by atoms with Gasteiger partial charge in [0.15, 0.2) is 5.44 Å². The van der Waals surface area contributed by atoms with Gasteiger partial charge in [0.1, 0.15) is 18.4 Å². The van der Waals surface area contributed by atoms with Crippen molar-refractivity contribution in [3.63, 3.8) is 0 Å². The van der Waals surface area contributed by atoms with Crippen LogP contribution in [0.25, 0.3) is 0 Å². The van der Waals surface area contributed by atoms with E-state index in [2.05, 4.69) is 4.52 Å². The normalized spacial score (nSPS) is 13.1. The van der Waals surface area contributed by atoms with Crippen LogP contribution in [0.1, 0.15) is 29.5 Å². The van der Waals surface area contributed by atoms with Crippen molar-refractivity contribution in [1.29, 1.82) is 0 Å². The van der Waals surface area contributed by atoms with E-state index in [1.54, 1.807) is 0 Å². The Morgan fingerprint density at radius 3 is 2.15 bits per heavy atom. The van der Waals surface area contributed by atoms with Gasteiger partial charge in [0.2, 0.25) is 0 Å². The van der Waals surface area contributed by atoms with Crippen LogP contribution in [0.5, 0.6) is 0 Å². The summed E-state index contributed by atoms with van der Waals surface area (Å²) in [5.74, 6) is 0. The second-order valence-corrected chi connectivity index (χ2v) is 7.91. The van der Waals surface area contributed by atoms with Crippen molar-refractivity contribution in [3.8, 4) is 0 Å². The van der Waals surface area contributed by atoms with Crippen LogP contribution in [0.2, 0.25) is 0 Å². The molecule has 2 unspecified atom stereocenters. The molecule has 0 spiro atoms. The Labute approximate surface area is 246 Å². The second kappa shape index (κ2) is 14.7. The summed E-state index contributed by atoms with van der Waals surface area (Å²) in [5.41, 5.74) is 1.46. The topological polar surface area (TPSA) is 107 Å². The van der Waals surface area contributed by atoms with Crippen LogP contribution in [-0.4, -0.2) is 18.4 Å². The van der Waals surface area contributed by atoms with E-state index < -0.39 is 23.8 Å². The van der Waals surface area contributed by atoms with Gasteiger partial charge in [0.05, 0.1) is 0 Å². The molecule has 10 heteroatoms. The monoisotopic (exact) mass is 460 g/mol. The van der Waals surface area contributed by atoms with Gasteiger partial charge in [-0.25, -0.2) is 8.42 Å². The van der Waals surface area contributed by atoms with Crippen molar-refractivity contribution >= 4 is 18.4 Å². The van der Waals surface area contributed by atoms with Gasteiger partial charge in [0.25, 0.3) is 0 Å². The van der Waals surface area contributed by atoms with E-state index in [9.17, 15) is 22.4 Å². The summed E-state index contributed by atoms with van der Waals surface area (Å²) >= 11 is 0. The van der Waals surface area contributed by atoms with E-state index in [0.717, 1.165) is 17.5 Å². The van der Waals surface area contributed by atoms with Crippen LogP contribution in [-0.2, 0) is 32.0 Å². The number of hydrogen-bond donors (Lipinski definition) is 0. The van der Waals surface area contributed by atoms with Crippen LogP contribution in [0.4, 0.5) is 0 Å². The third-order valence-electron chi connectivity index (χ3n) is 3.70. The zero-order chi connectivity index (χ0) is 18.3. The van der Waals surface area contributed by atoms with E-state index in [4.69, 9.17) is 0 Å². The fourth-order valence-corrected chi connectivity index (χ4v) is 4.06. The largest absolute Gasteiger partial charge is 1.00 e. The molecule has 0 saturated heterocycles. The van der Waals surface area contributed by atoms with Gasteiger partial charge in [-0.3, -0.25) is 0 Å². The molecular weight excluding hydrogens is 441 g/mol. The summed E-state index contributed by atoms with van der Waals surface area (Å²) < 4.78 is 47.9. The van der Waals surface area contributed by atoms with Gasteiger partial charge in [-0.1, -0.05) is 54.6 Å². The van der Waals surface area contributed by atoms with Crippen molar-refractivity contribution in [2.75, 3.05) is 0 Å². The van der Waals surface area contributed by atoms with Crippen LogP contribution in [0.15, 0.2) is 54.6 Å². The van der Waals surface area contributed by atoms with E-state index in [-0.39, 0.29) is 109 Å². The molecule has 27 heavy (non-hydrogen) atoms. The average Bonchev–Trinajstić information content (AvgIpc) is 2.54. The molecule has 0 aliphatic carbocycles. The summed E-state index contributed by atoms with van der Waals surface area (Å²) in [6.45, 7) is 0. The van der Waals surface area contributed by atoms with Gasteiger partial charge in [-0.15, -0.1) is 0 Å². The zero-order valence-electron chi connectivity index (χ0n) is 15.5. The van der Waals surface area contributed by atoms with Crippen LogP contribution in [0, 0.1) is 0 Å². The van der Waals surface area contributed by atoms with Crippen molar-refractivity contribution in [2.45, 2.75) is 31.1 Å². The molecule has 0 radical (unpaired) electrons. The number of rotatable bonds is 9. The molecule has 2 aromatic rings. The molecule has 0 aromatic heterocycles. The summed E-state index contributed by atoms with van der Waals surface area (Å²) in [4.78, 5) is 10.6. The number of benzene rings is 2. The van der Waals surface area contributed by atoms with E-state index in [1.807, 2.05) is 54.6 Å². The Morgan fingerprint density at radius 2 is 1.56 bits per heavy atom. The van der Waals surface area contributed by atoms with Crippen molar-refractivity contribution in [3.05, 3.63) is 71.3 Å². The fraction of sp³-hybridized carbons (Fsp3) is 0.294. The Balaban J connectivity index is 0.00000338. The van der Waals surface area contributed by atoms with E-state index >= 15 is 0 Å². The van der Waals surface area contributed by atoms with Crippen molar-refractivity contribution < 1.29 is 130 Å². The van der Waals surface area contributed by atoms with Crippen molar-refractivity contribution in [1.82, 2.24) is 0 Å². The van der Waals surface area contributed by atoms with Gasteiger partial charge in [-0.2, -0.15) is 0 Å². The summed E-state index contributed by atoms with van der Waals surface area (Å²) in [7, 11) is -8.54. The Morgan fingerprint density at radius 1 is 0.963 bits per heavy atom. The maximum absolute atomic E-state index is 11.0. The minimum Gasteiger partial charge on any atom is -0.781 e. The molecule has 2 rings (SSSR count). The second-order valence-electron chi connectivity index (χ2n) is 5.66. The third kappa shape index (κ3) is 11.7. The van der Waals surface area contributed by atoms with Crippen LogP contribution >= 0.6 is 8.25 Å². The van der Waals surface area contributed by atoms with E-state index in [1.165, 1.54) is 5.56 Å². The number of hydrogen-bond acceptors (Lipinski definition) is 6. The first-order valence-electron chi connectivity index (χ1n) is 7.78. The maximum atomic E-state index is 11.0. The van der Waals surface area contributed by atoms with Crippen molar-refractivity contribution in [2.24, 2.45) is 0 Å². The summed E-state index contributed by atoms with van der Waals surface area (Å²) in [6.07, 6.45) is 1.48. The van der Waals surface area contributed by atoms with Gasteiger partial charge >= 0.3 is 103 Å². The molecule has 0 aliphatic rings. The molecule has 0 N–H and O–H groups in total. The molecule has 6 nitrogen and oxygen atoms in total. The minimum atomic E-state index is -4.81. The molecule has 2 aromatic carbocycles. The standard InChI is InChI=1S/C17H21O6PS.2K/c18-24(19)23-17(25(20,21)22)11-5-9-15-8-4-10-16(13-15)12-14-6-2-1-3-7-14;;/h1-4,6-8,10,13,17,24H,5,9,11-12H2,(H,18,19)(H,20,21,22);;/q;2*+1/p-2. The van der Waals surface area contributed by atoms with Crippen LogP contribution in [0.3, 0.4) is 0 Å². The van der Waals surface area contributed by atoms with Crippen LogP contribution < -0.4 is 108 Å². The quantitative estimate of drug-likeness (QED) is 0.216. The van der Waals surface area contributed by atoms with Gasteiger partial charge in [0, 0.05) is 0 Å². The molecule has 0 saturated carbocycles. The first kappa shape index (κ1) is 28.8. The SMILES string of the molecule is O=[PH]([O-])OC(CCCc1cccc(Cc2ccccc2)c1)S(=O)(=O)[O-].[K+].[K+]. The minimum absolute atomic E-state index is 0. The fourth-order valence-electron chi connectivity index (χ4n) is 2.57. The van der Waals surface area contributed by atoms with Gasteiger partial charge < -0.3 is 18.5 Å². The first-order valence-corrected chi connectivity index (χ1v) is 10.5. The molecule has 0 fully saturated rings. The first-order chi connectivity index (χ1) is 11.8. The average molecular weight is 461 g/mol. The molecular formula is C17H19K2O6PS. The molecule has 0 aliphatic heterocycles. The summed E-state index contributed by atoms with van der Waals surface area (Å²) in [5, 5.41) is 0. The molecule has 0 heterocycles. The predicted molar refractivity (Wildman–Crippen MR) is 92.2 cm³/mol. The zero-order valence-corrected chi connectivity index (χ0v) is 23.5. The summed E-state index contributed by atoms with van der Waals surface area (Å²) in [6, 6.07) is 17.8. The maximum Gasteiger partial charge on any atom is 1.00 e. The molecule has 0 amide bonds. The predicted octanol–water partition coefficient (Wildman–Crippen LogP) is -3.75.